The van der Waals surface area contributed by atoms with Gasteiger partial charge in [-0.15, -0.1) is 0 Å². The fourth-order valence-corrected chi connectivity index (χ4v) is 2.25. The lowest BCUT2D eigenvalue weighted by atomic mass is 10.1. The van der Waals surface area contributed by atoms with Crippen molar-refractivity contribution in [3.63, 3.8) is 0 Å². The van der Waals surface area contributed by atoms with Crippen LogP contribution in [0.15, 0.2) is 30.6 Å². The smallest absolute Gasteiger partial charge is 0.354 e. The Hall–Kier alpha value is -2.63. The SMILES string of the molecule is O=C(O)c1[nH]cnc1C(=O)N1Cc2ccccc2C1. The molecule has 2 aromatic rings. The molecular weight excluding hydrogens is 246 g/mol. The summed E-state index contributed by atoms with van der Waals surface area (Å²) >= 11 is 0. The van der Waals surface area contributed by atoms with Crippen LogP contribution in [0.5, 0.6) is 0 Å². The van der Waals surface area contributed by atoms with Crippen LogP contribution in [0.25, 0.3) is 0 Å². The molecule has 0 spiro atoms. The van der Waals surface area contributed by atoms with Gasteiger partial charge in [0.05, 0.1) is 6.33 Å². The molecule has 6 heteroatoms. The zero-order valence-electron chi connectivity index (χ0n) is 9.96. The molecule has 0 unspecified atom stereocenters. The number of carboxylic acids is 1. The number of benzene rings is 1. The van der Waals surface area contributed by atoms with Crippen molar-refractivity contribution < 1.29 is 14.7 Å². The van der Waals surface area contributed by atoms with Gasteiger partial charge in [0.1, 0.15) is 0 Å². The van der Waals surface area contributed by atoms with Crippen LogP contribution >= 0.6 is 0 Å². The number of rotatable bonds is 2. The van der Waals surface area contributed by atoms with Crippen molar-refractivity contribution >= 4 is 11.9 Å². The van der Waals surface area contributed by atoms with Crippen LogP contribution in [0, 0.1) is 0 Å². The summed E-state index contributed by atoms with van der Waals surface area (Å²) in [5, 5.41) is 8.98. The number of aromatic amines is 1. The first-order chi connectivity index (χ1) is 9.16. The van der Waals surface area contributed by atoms with Gasteiger partial charge in [0.2, 0.25) is 0 Å². The normalized spacial score (nSPS) is 13.4. The van der Waals surface area contributed by atoms with Crippen molar-refractivity contribution in [1.82, 2.24) is 14.9 Å². The monoisotopic (exact) mass is 257 g/mol. The predicted molar refractivity (Wildman–Crippen MR) is 65.6 cm³/mol. The minimum Gasteiger partial charge on any atom is -0.477 e. The summed E-state index contributed by atoms with van der Waals surface area (Å²) < 4.78 is 0. The highest BCUT2D eigenvalue weighted by Gasteiger charge is 2.28. The number of carboxylic acid groups (broad SMARTS) is 1. The number of aromatic carboxylic acids is 1. The second kappa shape index (κ2) is 4.24. The average molecular weight is 257 g/mol. The van der Waals surface area contributed by atoms with Crippen LogP contribution in [0.3, 0.4) is 0 Å². The van der Waals surface area contributed by atoms with E-state index in [2.05, 4.69) is 9.97 Å². The molecule has 1 aromatic heterocycles. The number of H-pyrrole nitrogens is 1. The van der Waals surface area contributed by atoms with Gasteiger partial charge in [-0.05, 0) is 11.1 Å². The van der Waals surface area contributed by atoms with Crippen LogP contribution in [-0.4, -0.2) is 31.9 Å². The summed E-state index contributed by atoms with van der Waals surface area (Å²) in [5.41, 5.74) is 1.97. The zero-order chi connectivity index (χ0) is 13.4. The van der Waals surface area contributed by atoms with E-state index in [9.17, 15) is 9.59 Å². The number of carbonyl (C=O) groups excluding carboxylic acids is 1. The van der Waals surface area contributed by atoms with E-state index in [1.807, 2.05) is 24.3 Å². The molecule has 0 bridgehead atoms. The molecule has 0 radical (unpaired) electrons. The lowest BCUT2D eigenvalue weighted by Crippen LogP contribution is -2.27. The highest BCUT2D eigenvalue weighted by atomic mass is 16.4. The Morgan fingerprint density at radius 3 is 2.42 bits per heavy atom. The van der Waals surface area contributed by atoms with Gasteiger partial charge in [0.15, 0.2) is 11.4 Å². The van der Waals surface area contributed by atoms with E-state index < -0.39 is 5.97 Å². The third-order valence-corrected chi connectivity index (χ3v) is 3.18. The van der Waals surface area contributed by atoms with Gasteiger partial charge >= 0.3 is 5.97 Å². The Morgan fingerprint density at radius 2 is 1.84 bits per heavy atom. The van der Waals surface area contributed by atoms with E-state index in [4.69, 9.17) is 5.11 Å². The fourth-order valence-electron chi connectivity index (χ4n) is 2.25. The molecule has 0 atom stereocenters. The van der Waals surface area contributed by atoms with Crippen LogP contribution in [0.1, 0.15) is 32.1 Å². The summed E-state index contributed by atoms with van der Waals surface area (Å²) in [5.74, 6) is -1.55. The maximum atomic E-state index is 12.3. The summed E-state index contributed by atoms with van der Waals surface area (Å²) in [4.78, 5) is 31.1. The molecule has 0 aliphatic carbocycles. The zero-order valence-corrected chi connectivity index (χ0v) is 9.96. The molecule has 3 rings (SSSR count). The Labute approximate surface area is 108 Å². The summed E-state index contributed by atoms with van der Waals surface area (Å²) in [6.07, 6.45) is 1.22. The molecule has 1 aliphatic heterocycles. The van der Waals surface area contributed by atoms with Crippen molar-refractivity contribution in [3.8, 4) is 0 Å². The van der Waals surface area contributed by atoms with Gasteiger partial charge in [-0.25, -0.2) is 9.78 Å². The van der Waals surface area contributed by atoms with E-state index in [1.165, 1.54) is 6.33 Å². The Balaban J connectivity index is 1.87. The molecule has 6 nitrogen and oxygen atoms in total. The first kappa shape index (κ1) is 11.5. The Morgan fingerprint density at radius 1 is 1.21 bits per heavy atom. The molecule has 1 amide bonds. The van der Waals surface area contributed by atoms with Crippen molar-refractivity contribution in [1.29, 1.82) is 0 Å². The van der Waals surface area contributed by atoms with Crippen molar-refractivity contribution in [2.24, 2.45) is 0 Å². The number of amides is 1. The first-order valence-electron chi connectivity index (χ1n) is 5.79. The number of fused-ring (bicyclic) bond motifs is 1. The van der Waals surface area contributed by atoms with Crippen molar-refractivity contribution in [2.45, 2.75) is 13.1 Å². The van der Waals surface area contributed by atoms with Crippen molar-refractivity contribution in [2.75, 3.05) is 0 Å². The molecule has 96 valence electrons. The molecule has 0 saturated heterocycles. The van der Waals surface area contributed by atoms with Gasteiger partial charge in [-0.3, -0.25) is 4.79 Å². The number of imidazole rings is 1. The fraction of sp³-hybridized carbons (Fsp3) is 0.154. The molecule has 1 aliphatic rings. The minimum absolute atomic E-state index is 0.0414. The largest absolute Gasteiger partial charge is 0.477 e. The van der Waals surface area contributed by atoms with E-state index in [-0.39, 0.29) is 17.3 Å². The highest BCUT2D eigenvalue weighted by Crippen LogP contribution is 2.24. The van der Waals surface area contributed by atoms with Crippen LogP contribution < -0.4 is 0 Å². The van der Waals surface area contributed by atoms with Crippen molar-refractivity contribution in [3.05, 3.63) is 53.1 Å². The second-order valence-corrected chi connectivity index (χ2v) is 4.36. The molecule has 1 aromatic carbocycles. The topological polar surface area (TPSA) is 86.3 Å². The standard InChI is InChI=1S/C13H11N3O3/c17-12(10-11(13(18)19)15-7-14-10)16-5-8-3-1-2-4-9(8)6-16/h1-4,7H,5-6H2,(H,14,15)(H,18,19). The van der Waals surface area contributed by atoms with E-state index in [0.29, 0.717) is 13.1 Å². The molecule has 2 heterocycles. The summed E-state index contributed by atoms with van der Waals surface area (Å²) in [6, 6.07) is 7.77. The number of nitrogens with one attached hydrogen (secondary N) is 1. The summed E-state index contributed by atoms with van der Waals surface area (Å²) in [7, 11) is 0. The third-order valence-electron chi connectivity index (χ3n) is 3.18. The van der Waals surface area contributed by atoms with Gasteiger partial charge in [0, 0.05) is 13.1 Å². The molecular formula is C13H11N3O3. The number of hydrogen-bond donors (Lipinski definition) is 2. The van der Waals surface area contributed by atoms with Crippen LogP contribution in [-0.2, 0) is 13.1 Å². The predicted octanol–water partition coefficient (Wildman–Crippen LogP) is 1.26. The number of carbonyl (C=O) groups is 2. The maximum absolute atomic E-state index is 12.3. The van der Waals surface area contributed by atoms with Gasteiger partial charge < -0.3 is 15.0 Å². The number of hydrogen-bond acceptors (Lipinski definition) is 3. The van der Waals surface area contributed by atoms with E-state index in [0.717, 1.165) is 11.1 Å². The number of aromatic nitrogens is 2. The number of nitrogens with zero attached hydrogens (tertiary/aromatic N) is 2. The second-order valence-electron chi connectivity index (χ2n) is 4.36. The van der Waals surface area contributed by atoms with E-state index in [1.54, 1.807) is 4.90 Å². The Kier molecular flexibility index (Phi) is 2.56. The third kappa shape index (κ3) is 1.87. The van der Waals surface area contributed by atoms with Crippen LogP contribution in [0.2, 0.25) is 0 Å². The van der Waals surface area contributed by atoms with Gasteiger partial charge in [-0.1, -0.05) is 24.3 Å². The van der Waals surface area contributed by atoms with Crippen LogP contribution in [0.4, 0.5) is 0 Å². The molecule has 2 N–H and O–H groups in total. The molecule has 19 heavy (non-hydrogen) atoms. The quantitative estimate of drug-likeness (QED) is 0.848. The Bertz CT molecular complexity index is 638. The lowest BCUT2D eigenvalue weighted by Gasteiger charge is -2.14. The summed E-state index contributed by atoms with van der Waals surface area (Å²) in [6.45, 7) is 0.974. The maximum Gasteiger partial charge on any atom is 0.354 e. The lowest BCUT2D eigenvalue weighted by molar-refractivity contribution is 0.0667. The molecule has 0 saturated carbocycles. The highest BCUT2D eigenvalue weighted by molar-refractivity contribution is 6.02. The average Bonchev–Trinajstić information content (AvgIpc) is 3.04. The molecule has 0 fully saturated rings. The van der Waals surface area contributed by atoms with E-state index >= 15 is 0 Å². The minimum atomic E-state index is -1.18. The van der Waals surface area contributed by atoms with Gasteiger partial charge in [0.25, 0.3) is 5.91 Å². The first-order valence-corrected chi connectivity index (χ1v) is 5.79. The van der Waals surface area contributed by atoms with Gasteiger partial charge in [-0.2, -0.15) is 0 Å².